The lowest BCUT2D eigenvalue weighted by molar-refractivity contribution is -0.141. The first-order valence-electron chi connectivity index (χ1n) is 19.1. The molecular weight excluding hydrogens is 776 g/mol. The highest BCUT2D eigenvalue weighted by Crippen LogP contribution is 2.30. The minimum Gasteiger partial charge on any atom is -0.368 e. The molecule has 0 radical (unpaired) electrons. The lowest BCUT2D eigenvalue weighted by Crippen LogP contribution is -2.57. The third-order valence-electron chi connectivity index (χ3n) is 9.59. The molecule has 0 spiro atoms. The predicted molar refractivity (Wildman–Crippen MR) is 219 cm³/mol. The Labute approximate surface area is 345 Å². The number of Topliss-reactive ketones (excluding diaryl/α,β-unsaturated/α-hetero) is 1. The van der Waals surface area contributed by atoms with Crippen LogP contribution in [0, 0.1) is 0 Å². The number of ketones is 1. The Bertz CT molecular complexity index is 2270. The van der Waals surface area contributed by atoms with Gasteiger partial charge in [0.25, 0.3) is 5.91 Å². The molecule has 0 saturated carbocycles. The van der Waals surface area contributed by atoms with Gasteiger partial charge < -0.3 is 27.0 Å². The summed E-state index contributed by atoms with van der Waals surface area (Å²) in [6.07, 6.45) is -5.26. The summed E-state index contributed by atoms with van der Waals surface area (Å²) >= 11 is 0. The standard InChI is InChI=1S/C46H44F3N5O6/c1-29(51-43(58)38(26-30-12-5-2-6-13-30)52-40(55)28-31-14-7-3-8-15-31)41(56)45(60)54-39(27-33-16-11-19-36(24-33)46(47,48)49)44(59)53-37(42(50)57)25-32-20-22-35(23-21-32)34-17-9-4-10-18-34/h2-24,29,37-39H,25-28H2,1H3,(H2,50,57)(H,51,58)(H,52,55)(H,53,59)(H,54,60)/t29?,37-,38-,39-/m0/s1. The molecule has 0 bridgehead atoms. The summed E-state index contributed by atoms with van der Waals surface area (Å²) in [5.74, 6) is -5.69. The predicted octanol–water partition coefficient (Wildman–Crippen LogP) is 4.66. The molecule has 4 atom stereocenters. The maximum atomic E-state index is 13.8. The maximum absolute atomic E-state index is 13.8. The molecule has 0 saturated heterocycles. The molecule has 11 nitrogen and oxygen atoms in total. The van der Waals surface area contributed by atoms with Gasteiger partial charge in [-0.25, -0.2) is 0 Å². The number of nitrogens with two attached hydrogens (primary N) is 1. The van der Waals surface area contributed by atoms with E-state index in [0.29, 0.717) is 16.7 Å². The van der Waals surface area contributed by atoms with Gasteiger partial charge in [0.15, 0.2) is 0 Å². The molecule has 310 valence electrons. The van der Waals surface area contributed by atoms with Crippen molar-refractivity contribution in [3.63, 3.8) is 0 Å². The molecule has 60 heavy (non-hydrogen) atoms. The Balaban J connectivity index is 1.30. The third-order valence-corrected chi connectivity index (χ3v) is 9.59. The zero-order valence-electron chi connectivity index (χ0n) is 32.6. The molecule has 6 N–H and O–H groups in total. The Morgan fingerprint density at radius 1 is 0.533 bits per heavy atom. The van der Waals surface area contributed by atoms with Crippen LogP contribution in [0.2, 0.25) is 0 Å². The van der Waals surface area contributed by atoms with E-state index in [1.165, 1.54) is 13.0 Å². The number of hydrogen-bond acceptors (Lipinski definition) is 6. The average Bonchev–Trinajstić information content (AvgIpc) is 3.23. The van der Waals surface area contributed by atoms with Crippen LogP contribution in [0.25, 0.3) is 11.1 Å². The molecule has 5 aromatic carbocycles. The summed E-state index contributed by atoms with van der Waals surface area (Å²) in [6.45, 7) is 1.24. The first kappa shape index (κ1) is 44.0. The minimum absolute atomic E-state index is 0.0128. The lowest BCUT2D eigenvalue weighted by atomic mass is 9.99. The molecule has 5 rings (SSSR count). The molecular formula is C46H44F3N5O6. The first-order chi connectivity index (χ1) is 28.7. The van der Waals surface area contributed by atoms with Gasteiger partial charge in [-0.15, -0.1) is 0 Å². The minimum atomic E-state index is -4.72. The van der Waals surface area contributed by atoms with Gasteiger partial charge >= 0.3 is 6.18 Å². The molecule has 0 aromatic heterocycles. The average molecular weight is 820 g/mol. The van der Waals surface area contributed by atoms with Crippen LogP contribution in [0.4, 0.5) is 13.2 Å². The fourth-order valence-corrected chi connectivity index (χ4v) is 6.41. The number of nitrogens with one attached hydrogen (secondary N) is 4. The van der Waals surface area contributed by atoms with E-state index in [-0.39, 0.29) is 24.8 Å². The van der Waals surface area contributed by atoms with E-state index in [9.17, 15) is 41.9 Å². The second-order valence-corrected chi connectivity index (χ2v) is 14.2. The van der Waals surface area contributed by atoms with Crippen molar-refractivity contribution >= 4 is 35.3 Å². The molecule has 14 heteroatoms. The number of primary amides is 1. The van der Waals surface area contributed by atoms with E-state index in [1.807, 2.05) is 42.5 Å². The fraction of sp³-hybridized carbons (Fsp3) is 0.217. The number of amides is 5. The second kappa shape index (κ2) is 20.6. The Morgan fingerprint density at radius 3 is 1.62 bits per heavy atom. The summed E-state index contributed by atoms with van der Waals surface area (Å²) in [5.41, 5.74) is 8.54. The quantitative estimate of drug-likeness (QED) is 0.0804. The number of benzene rings is 5. The molecule has 0 aliphatic rings. The SMILES string of the molecule is CC(NC(=O)[C@H](Cc1ccccc1)NC(=O)Cc1ccccc1)C(=O)C(=O)N[C@@H](Cc1cccc(C(F)(F)F)c1)C(=O)N[C@@H](Cc1ccc(-c2ccccc2)cc1)C(N)=O. The normalized spacial score (nSPS) is 13.1. The Morgan fingerprint density at radius 2 is 1.02 bits per heavy atom. The summed E-state index contributed by atoms with van der Waals surface area (Å²) in [5, 5.41) is 9.93. The van der Waals surface area contributed by atoms with Crippen molar-refractivity contribution in [1.29, 1.82) is 0 Å². The highest BCUT2D eigenvalue weighted by molar-refractivity contribution is 6.38. The zero-order valence-corrected chi connectivity index (χ0v) is 32.6. The van der Waals surface area contributed by atoms with Gasteiger partial charge in [0, 0.05) is 19.3 Å². The smallest absolute Gasteiger partial charge is 0.368 e. The number of carbonyl (C=O) groups excluding carboxylic acids is 6. The number of alkyl halides is 3. The van der Waals surface area contributed by atoms with Crippen LogP contribution in [0.15, 0.2) is 140 Å². The second-order valence-electron chi connectivity index (χ2n) is 14.2. The van der Waals surface area contributed by atoms with Gasteiger partial charge in [-0.05, 0) is 46.4 Å². The Hall–Kier alpha value is -7.09. The van der Waals surface area contributed by atoms with Crippen LogP contribution in [0.1, 0.15) is 34.7 Å². The Kier molecular flexibility index (Phi) is 15.1. The monoisotopic (exact) mass is 819 g/mol. The van der Waals surface area contributed by atoms with E-state index in [0.717, 1.165) is 29.3 Å². The van der Waals surface area contributed by atoms with Crippen molar-refractivity contribution in [2.24, 2.45) is 5.73 Å². The van der Waals surface area contributed by atoms with Crippen LogP contribution in [0.3, 0.4) is 0 Å². The summed E-state index contributed by atoms with van der Waals surface area (Å²) in [4.78, 5) is 79.9. The fourth-order valence-electron chi connectivity index (χ4n) is 6.41. The lowest BCUT2D eigenvalue weighted by Gasteiger charge is -2.24. The van der Waals surface area contributed by atoms with Gasteiger partial charge in [-0.1, -0.05) is 133 Å². The number of halogens is 3. The molecule has 5 amide bonds. The van der Waals surface area contributed by atoms with Gasteiger partial charge in [0.2, 0.25) is 29.4 Å². The summed E-state index contributed by atoms with van der Waals surface area (Å²) in [6, 6.07) is 32.8. The summed E-state index contributed by atoms with van der Waals surface area (Å²) in [7, 11) is 0. The van der Waals surface area contributed by atoms with E-state index in [4.69, 9.17) is 5.73 Å². The maximum Gasteiger partial charge on any atom is 0.416 e. The van der Waals surface area contributed by atoms with E-state index >= 15 is 0 Å². The van der Waals surface area contributed by atoms with Crippen LogP contribution >= 0.6 is 0 Å². The van der Waals surface area contributed by atoms with Crippen LogP contribution in [-0.2, 0) is 60.6 Å². The van der Waals surface area contributed by atoms with Crippen molar-refractivity contribution in [1.82, 2.24) is 21.3 Å². The number of rotatable bonds is 18. The van der Waals surface area contributed by atoms with E-state index in [2.05, 4.69) is 21.3 Å². The van der Waals surface area contributed by atoms with E-state index < -0.39 is 77.6 Å². The molecule has 0 aliphatic heterocycles. The highest BCUT2D eigenvalue weighted by Gasteiger charge is 2.34. The molecule has 0 aliphatic carbocycles. The van der Waals surface area contributed by atoms with Gasteiger partial charge in [-0.2, -0.15) is 13.2 Å². The van der Waals surface area contributed by atoms with Crippen LogP contribution < -0.4 is 27.0 Å². The van der Waals surface area contributed by atoms with Crippen molar-refractivity contribution in [2.75, 3.05) is 0 Å². The molecule has 0 heterocycles. The van der Waals surface area contributed by atoms with Gasteiger partial charge in [-0.3, -0.25) is 28.8 Å². The largest absolute Gasteiger partial charge is 0.416 e. The molecule has 0 fully saturated rings. The zero-order chi connectivity index (χ0) is 43.2. The van der Waals surface area contributed by atoms with Crippen LogP contribution in [-0.4, -0.2) is 59.5 Å². The van der Waals surface area contributed by atoms with Gasteiger partial charge in [0.05, 0.1) is 18.0 Å². The van der Waals surface area contributed by atoms with Crippen molar-refractivity contribution < 1.29 is 41.9 Å². The van der Waals surface area contributed by atoms with Crippen molar-refractivity contribution in [3.05, 3.63) is 167 Å². The van der Waals surface area contributed by atoms with Crippen molar-refractivity contribution in [2.45, 2.75) is 63.0 Å². The van der Waals surface area contributed by atoms with Crippen LogP contribution in [0.5, 0.6) is 0 Å². The highest BCUT2D eigenvalue weighted by atomic mass is 19.4. The molecule has 5 aromatic rings. The van der Waals surface area contributed by atoms with Gasteiger partial charge in [0.1, 0.15) is 18.1 Å². The summed E-state index contributed by atoms with van der Waals surface area (Å²) < 4.78 is 40.8. The van der Waals surface area contributed by atoms with Crippen molar-refractivity contribution in [3.8, 4) is 11.1 Å². The number of carbonyl (C=O) groups is 6. The molecule has 1 unspecified atom stereocenters. The third kappa shape index (κ3) is 13.0. The topological polar surface area (TPSA) is 177 Å². The number of hydrogen-bond donors (Lipinski definition) is 5. The first-order valence-corrected chi connectivity index (χ1v) is 19.1. The van der Waals surface area contributed by atoms with E-state index in [1.54, 1.807) is 72.8 Å².